The van der Waals surface area contributed by atoms with Gasteiger partial charge >= 0.3 is 0 Å². The van der Waals surface area contributed by atoms with Gasteiger partial charge in [0, 0.05) is 28.4 Å². The lowest BCUT2D eigenvalue weighted by Crippen LogP contribution is -2.15. The average molecular weight is 404 g/mol. The normalized spacial score (nSPS) is 10.4. The summed E-state index contributed by atoms with van der Waals surface area (Å²) >= 11 is 3.38. The van der Waals surface area contributed by atoms with Crippen molar-refractivity contribution in [2.75, 3.05) is 19.5 Å². The van der Waals surface area contributed by atoms with Gasteiger partial charge in [-0.25, -0.2) is 0 Å². The number of ether oxygens (including phenoxy) is 2. The number of nitrogens with one attached hydrogen (secondary N) is 1. The monoisotopic (exact) mass is 403 g/mol. The van der Waals surface area contributed by atoms with E-state index in [2.05, 4.69) is 36.8 Å². The Morgan fingerprint density at radius 3 is 2.44 bits per heavy atom. The minimum absolute atomic E-state index is 0.317. The van der Waals surface area contributed by atoms with E-state index >= 15 is 0 Å². The highest BCUT2D eigenvalue weighted by atomic mass is 79.9. The van der Waals surface area contributed by atoms with Crippen LogP contribution < -0.4 is 14.8 Å². The number of nitrogens with zero attached hydrogens (tertiary/aromatic N) is 4. The standard InChI is InChI=1S/C16H14BrN5O3/c1-24-12-6-11(7-13(8-12)25-2)19-16(23)14-5-10(17)3-4-15(14)22-9-18-20-21-22/h3-9H,1-2H3,(H,19,23). The van der Waals surface area contributed by atoms with Crippen LogP contribution in [0.2, 0.25) is 0 Å². The van der Waals surface area contributed by atoms with Crippen LogP contribution in [0.15, 0.2) is 47.2 Å². The molecule has 3 rings (SSSR count). The van der Waals surface area contributed by atoms with Gasteiger partial charge in [0.1, 0.15) is 17.8 Å². The number of halogens is 1. The van der Waals surface area contributed by atoms with E-state index in [-0.39, 0.29) is 5.91 Å². The van der Waals surface area contributed by atoms with Gasteiger partial charge in [-0.05, 0) is 28.6 Å². The van der Waals surface area contributed by atoms with Crippen molar-refractivity contribution in [3.05, 3.63) is 52.8 Å². The van der Waals surface area contributed by atoms with Crippen LogP contribution in [0.1, 0.15) is 10.4 Å². The molecule has 1 amide bonds. The Labute approximate surface area is 151 Å². The smallest absolute Gasteiger partial charge is 0.257 e. The van der Waals surface area contributed by atoms with Crippen molar-refractivity contribution in [1.29, 1.82) is 0 Å². The van der Waals surface area contributed by atoms with Crippen LogP contribution in [0.25, 0.3) is 5.69 Å². The number of hydrogen-bond acceptors (Lipinski definition) is 6. The van der Waals surface area contributed by atoms with E-state index in [0.717, 1.165) is 4.47 Å². The van der Waals surface area contributed by atoms with Gasteiger partial charge in [-0.1, -0.05) is 15.9 Å². The summed E-state index contributed by atoms with van der Waals surface area (Å²) in [5.74, 6) is 0.830. The largest absolute Gasteiger partial charge is 0.497 e. The molecule has 2 aromatic carbocycles. The van der Waals surface area contributed by atoms with E-state index in [1.165, 1.54) is 11.0 Å². The fraction of sp³-hybridized carbons (Fsp3) is 0.125. The molecule has 0 saturated heterocycles. The molecule has 0 fully saturated rings. The molecule has 128 valence electrons. The highest BCUT2D eigenvalue weighted by molar-refractivity contribution is 9.10. The molecule has 0 radical (unpaired) electrons. The van der Waals surface area contributed by atoms with Gasteiger partial charge in [0.25, 0.3) is 5.91 Å². The minimum Gasteiger partial charge on any atom is -0.497 e. The molecule has 0 atom stereocenters. The fourth-order valence-corrected chi connectivity index (χ4v) is 2.60. The van der Waals surface area contributed by atoms with E-state index in [9.17, 15) is 4.79 Å². The van der Waals surface area contributed by atoms with Crippen molar-refractivity contribution >= 4 is 27.5 Å². The van der Waals surface area contributed by atoms with E-state index in [4.69, 9.17) is 9.47 Å². The Hall–Kier alpha value is -2.94. The molecule has 0 aliphatic carbocycles. The number of methoxy groups -OCH3 is 2. The molecule has 25 heavy (non-hydrogen) atoms. The lowest BCUT2D eigenvalue weighted by atomic mass is 10.1. The van der Waals surface area contributed by atoms with Crippen LogP contribution in [0.3, 0.4) is 0 Å². The maximum atomic E-state index is 12.8. The molecular formula is C16H14BrN5O3. The fourth-order valence-electron chi connectivity index (χ4n) is 2.24. The third-order valence-corrected chi connectivity index (χ3v) is 3.90. The molecule has 0 unspecified atom stereocenters. The van der Waals surface area contributed by atoms with E-state index in [1.54, 1.807) is 44.6 Å². The molecular weight excluding hydrogens is 390 g/mol. The van der Waals surface area contributed by atoms with E-state index < -0.39 is 0 Å². The van der Waals surface area contributed by atoms with E-state index in [0.29, 0.717) is 28.4 Å². The van der Waals surface area contributed by atoms with Crippen molar-refractivity contribution in [1.82, 2.24) is 20.2 Å². The first-order valence-corrected chi connectivity index (χ1v) is 7.97. The minimum atomic E-state index is -0.317. The van der Waals surface area contributed by atoms with Crippen LogP contribution >= 0.6 is 15.9 Å². The second-order valence-corrected chi connectivity index (χ2v) is 5.89. The SMILES string of the molecule is COc1cc(NC(=O)c2cc(Br)ccc2-n2cnnn2)cc(OC)c1. The number of carbonyl (C=O) groups excluding carboxylic acids is 1. The van der Waals surface area contributed by atoms with Gasteiger partial charge in [-0.2, -0.15) is 4.68 Å². The van der Waals surface area contributed by atoms with E-state index in [1.807, 2.05) is 6.07 Å². The first kappa shape index (κ1) is 16.9. The summed E-state index contributed by atoms with van der Waals surface area (Å²) in [6.45, 7) is 0. The quantitative estimate of drug-likeness (QED) is 0.703. The maximum absolute atomic E-state index is 12.8. The van der Waals surface area contributed by atoms with Gasteiger partial charge in [-0.15, -0.1) is 5.10 Å². The number of amides is 1. The summed E-state index contributed by atoms with van der Waals surface area (Å²) in [5, 5.41) is 13.9. The number of hydrogen-bond donors (Lipinski definition) is 1. The van der Waals surface area contributed by atoms with Crippen LogP contribution in [-0.4, -0.2) is 40.3 Å². The lowest BCUT2D eigenvalue weighted by Gasteiger charge is -2.12. The van der Waals surface area contributed by atoms with Crippen LogP contribution in [-0.2, 0) is 0 Å². The number of aromatic nitrogens is 4. The second kappa shape index (κ2) is 7.31. The third-order valence-electron chi connectivity index (χ3n) is 3.41. The van der Waals surface area contributed by atoms with Crippen molar-refractivity contribution in [2.24, 2.45) is 0 Å². The zero-order chi connectivity index (χ0) is 17.8. The van der Waals surface area contributed by atoms with Crippen molar-refractivity contribution in [3.8, 4) is 17.2 Å². The molecule has 0 saturated carbocycles. The predicted octanol–water partition coefficient (Wildman–Crippen LogP) is 2.69. The van der Waals surface area contributed by atoms with Gasteiger partial charge in [-0.3, -0.25) is 4.79 Å². The molecule has 0 aliphatic heterocycles. The molecule has 9 heteroatoms. The summed E-state index contributed by atoms with van der Waals surface area (Å²) in [6.07, 6.45) is 1.43. The van der Waals surface area contributed by atoms with Crippen molar-refractivity contribution in [2.45, 2.75) is 0 Å². The number of carbonyl (C=O) groups is 1. The summed E-state index contributed by atoms with van der Waals surface area (Å²) < 4.78 is 12.6. The summed E-state index contributed by atoms with van der Waals surface area (Å²) in [7, 11) is 3.09. The zero-order valence-electron chi connectivity index (χ0n) is 13.4. The number of tetrazole rings is 1. The maximum Gasteiger partial charge on any atom is 0.257 e. The summed E-state index contributed by atoms with van der Waals surface area (Å²) in [6, 6.07) is 10.4. The average Bonchev–Trinajstić information content (AvgIpc) is 3.15. The lowest BCUT2D eigenvalue weighted by molar-refractivity contribution is 0.102. The Balaban J connectivity index is 1.95. The number of anilines is 1. The first-order valence-electron chi connectivity index (χ1n) is 7.18. The zero-order valence-corrected chi connectivity index (χ0v) is 15.0. The van der Waals surface area contributed by atoms with Crippen molar-refractivity contribution in [3.63, 3.8) is 0 Å². The highest BCUT2D eigenvalue weighted by Gasteiger charge is 2.15. The van der Waals surface area contributed by atoms with Gasteiger partial charge < -0.3 is 14.8 Å². The number of rotatable bonds is 5. The topological polar surface area (TPSA) is 91.2 Å². The third kappa shape index (κ3) is 3.77. The summed E-state index contributed by atoms with van der Waals surface area (Å²) in [5.41, 5.74) is 1.51. The molecule has 0 bridgehead atoms. The Bertz CT molecular complexity index is 877. The second-order valence-electron chi connectivity index (χ2n) is 4.97. The van der Waals surface area contributed by atoms with Gasteiger partial charge in [0.2, 0.25) is 0 Å². The van der Waals surface area contributed by atoms with Gasteiger partial charge in [0.15, 0.2) is 0 Å². The van der Waals surface area contributed by atoms with Crippen LogP contribution in [0.4, 0.5) is 5.69 Å². The first-order chi connectivity index (χ1) is 12.1. The molecule has 0 aliphatic rings. The Morgan fingerprint density at radius 1 is 1.12 bits per heavy atom. The Kier molecular flexibility index (Phi) is 4.94. The Morgan fingerprint density at radius 2 is 1.84 bits per heavy atom. The molecule has 1 aromatic heterocycles. The highest BCUT2D eigenvalue weighted by Crippen LogP contribution is 2.27. The predicted molar refractivity (Wildman–Crippen MR) is 94.4 cm³/mol. The molecule has 1 heterocycles. The van der Waals surface area contributed by atoms with Gasteiger partial charge in [0.05, 0.1) is 25.5 Å². The molecule has 8 nitrogen and oxygen atoms in total. The molecule has 0 spiro atoms. The van der Waals surface area contributed by atoms with Crippen molar-refractivity contribution < 1.29 is 14.3 Å². The van der Waals surface area contributed by atoms with Crippen LogP contribution in [0.5, 0.6) is 11.5 Å². The molecule has 1 N–H and O–H groups in total. The van der Waals surface area contributed by atoms with Crippen LogP contribution in [0, 0.1) is 0 Å². The molecule has 3 aromatic rings. The number of benzene rings is 2. The summed E-state index contributed by atoms with van der Waals surface area (Å²) in [4.78, 5) is 12.8.